The lowest BCUT2D eigenvalue weighted by Gasteiger charge is -2.26. The number of rotatable bonds is 4. The number of amides is 1. The molecule has 7 nitrogen and oxygen atoms in total. The zero-order chi connectivity index (χ0) is 20.7. The number of methoxy groups -OCH3 is 1. The Morgan fingerprint density at radius 1 is 1.24 bits per heavy atom. The van der Waals surface area contributed by atoms with E-state index in [-0.39, 0.29) is 35.1 Å². The van der Waals surface area contributed by atoms with Crippen LogP contribution in [0.3, 0.4) is 0 Å². The lowest BCUT2D eigenvalue weighted by Crippen LogP contribution is -2.25. The second kappa shape index (κ2) is 7.18. The van der Waals surface area contributed by atoms with Gasteiger partial charge in [0.1, 0.15) is 5.56 Å². The van der Waals surface area contributed by atoms with Crippen molar-refractivity contribution in [1.29, 1.82) is 0 Å². The first-order chi connectivity index (χ1) is 13.9. The number of nitrogens with one attached hydrogen (secondary N) is 1. The number of halogens is 1. The predicted octanol–water partition coefficient (Wildman–Crippen LogP) is 4.02. The first kappa shape index (κ1) is 18.9. The van der Waals surface area contributed by atoms with E-state index in [4.69, 9.17) is 16.3 Å². The van der Waals surface area contributed by atoms with Gasteiger partial charge in [0, 0.05) is 29.2 Å². The molecule has 148 valence electrons. The number of aromatic hydroxyl groups is 1. The van der Waals surface area contributed by atoms with Gasteiger partial charge in [0.2, 0.25) is 5.91 Å². The van der Waals surface area contributed by atoms with Crippen LogP contribution in [0, 0.1) is 0 Å². The average Bonchev–Trinajstić information content (AvgIpc) is 3.08. The number of ether oxygens (including phenoxy) is 1. The highest BCUT2D eigenvalue weighted by Crippen LogP contribution is 2.43. The molecule has 0 aliphatic carbocycles. The standard InChI is InChI=1S/C21H17ClN2O5/c1-29-17-8-11(2-7-16(17)25)14-9-18(26)23-19-15(21(27)28)10-24(20(14)19)13-5-3-12(22)4-6-13/h2-8,10,14,25H,9H2,1H3,(H,23,26)(H,27,28)/t14-/m1/s1. The molecule has 3 aromatic rings. The van der Waals surface area contributed by atoms with Crippen molar-refractivity contribution in [2.75, 3.05) is 12.4 Å². The molecule has 1 amide bonds. The highest BCUT2D eigenvalue weighted by atomic mass is 35.5. The van der Waals surface area contributed by atoms with Crippen LogP contribution in [0.5, 0.6) is 11.5 Å². The Labute approximate surface area is 171 Å². The summed E-state index contributed by atoms with van der Waals surface area (Å²) in [5.41, 5.74) is 2.34. The number of phenols is 1. The van der Waals surface area contributed by atoms with E-state index in [1.807, 2.05) is 0 Å². The predicted molar refractivity (Wildman–Crippen MR) is 107 cm³/mol. The Balaban J connectivity index is 1.95. The Morgan fingerprint density at radius 3 is 2.62 bits per heavy atom. The molecular weight excluding hydrogens is 396 g/mol. The third-order valence-electron chi connectivity index (χ3n) is 4.97. The second-order valence-corrected chi connectivity index (χ2v) is 7.13. The number of aromatic nitrogens is 1. The summed E-state index contributed by atoms with van der Waals surface area (Å²) >= 11 is 5.99. The van der Waals surface area contributed by atoms with Gasteiger partial charge in [-0.15, -0.1) is 0 Å². The molecule has 1 aliphatic rings. The number of aromatic carboxylic acids is 1. The van der Waals surface area contributed by atoms with Crippen molar-refractivity contribution < 1.29 is 24.5 Å². The van der Waals surface area contributed by atoms with E-state index in [9.17, 15) is 19.8 Å². The van der Waals surface area contributed by atoms with Crippen LogP contribution in [-0.4, -0.2) is 33.8 Å². The first-order valence-corrected chi connectivity index (χ1v) is 9.18. The van der Waals surface area contributed by atoms with Gasteiger partial charge >= 0.3 is 5.97 Å². The molecule has 29 heavy (non-hydrogen) atoms. The molecule has 0 radical (unpaired) electrons. The number of anilines is 1. The monoisotopic (exact) mass is 412 g/mol. The number of carboxylic acid groups (broad SMARTS) is 1. The average molecular weight is 413 g/mol. The molecule has 0 spiro atoms. The van der Waals surface area contributed by atoms with Gasteiger partial charge < -0.3 is 24.8 Å². The van der Waals surface area contributed by atoms with Crippen LogP contribution in [0.1, 0.15) is 34.0 Å². The van der Waals surface area contributed by atoms with Crippen LogP contribution in [0.4, 0.5) is 5.69 Å². The first-order valence-electron chi connectivity index (χ1n) is 8.80. The van der Waals surface area contributed by atoms with Gasteiger partial charge in [0.05, 0.1) is 18.5 Å². The van der Waals surface area contributed by atoms with E-state index in [1.54, 1.807) is 41.0 Å². The van der Waals surface area contributed by atoms with Gasteiger partial charge in [-0.1, -0.05) is 17.7 Å². The van der Waals surface area contributed by atoms with Crippen molar-refractivity contribution in [3.63, 3.8) is 0 Å². The topological polar surface area (TPSA) is 101 Å². The second-order valence-electron chi connectivity index (χ2n) is 6.69. The molecule has 4 rings (SSSR count). The minimum absolute atomic E-state index is 0.00116. The van der Waals surface area contributed by atoms with Gasteiger partial charge in [0.25, 0.3) is 0 Å². The minimum atomic E-state index is -1.14. The molecule has 3 N–H and O–H groups in total. The quantitative estimate of drug-likeness (QED) is 0.601. The van der Waals surface area contributed by atoms with Gasteiger partial charge in [-0.25, -0.2) is 4.79 Å². The van der Waals surface area contributed by atoms with Gasteiger partial charge in [-0.05, 0) is 42.0 Å². The number of carbonyl (C=O) groups excluding carboxylic acids is 1. The van der Waals surface area contributed by atoms with E-state index in [1.165, 1.54) is 19.4 Å². The molecule has 1 aliphatic heterocycles. The molecule has 0 unspecified atom stereocenters. The van der Waals surface area contributed by atoms with Crippen molar-refractivity contribution in [1.82, 2.24) is 4.57 Å². The number of fused-ring (bicyclic) bond motifs is 1. The number of carbonyl (C=O) groups is 2. The molecule has 0 fully saturated rings. The maximum absolute atomic E-state index is 12.4. The van der Waals surface area contributed by atoms with E-state index in [0.717, 1.165) is 5.56 Å². The van der Waals surface area contributed by atoms with Gasteiger partial charge in [-0.2, -0.15) is 0 Å². The van der Waals surface area contributed by atoms with Crippen LogP contribution < -0.4 is 10.1 Å². The van der Waals surface area contributed by atoms with Crippen molar-refractivity contribution in [3.05, 3.63) is 70.5 Å². The number of benzene rings is 2. The van der Waals surface area contributed by atoms with Crippen molar-refractivity contribution in [2.45, 2.75) is 12.3 Å². The van der Waals surface area contributed by atoms with Crippen LogP contribution in [0.15, 0.2) is 48.7 Å². The fourth-order valence-corrected chi connectivity index (χ4v) is 3.76. The van der Waals surface area contributed by atoms with E-state index < -0.39 is 11.9 Å². The molecule has 0 saturated heterocycles. The lowest BCUT2D eigenvalue weighted by molar-refractivity contribution is -0.116. The van der Waals surface area contributed by atoms with Crippen molar-refractivity contribution in [3.8, 4) is 17.2 Å². The summed E-state index contributed by atoms with van der Waals surface area (Å²) in [5, 5.41) is 22.8. The number of hydrogen-bond acceptors (Lipinski definition) is 4. The molecule has 1 aromatic heterocycles. The maximum atomic E-state index is 12.4. The molecular formula is C21H17ClN2O5. The smallest absolute Gasteiger partial charge is 0.339 e. The fraction of sp³-hybridized carbons (Fsp3) is 0.143. The zero-order valence-corrected chi connectivity index (χ0v) is 16.1. The Bertz CT molecular complexity index is 1120. The number of nitrogens with zero attached hydrogens (tertiary/aromatic N) is 1. The summed E-state index contributed by atoms with van der Waals surface area (Å²) in [6, 6.07) is 11.8. The summed E-state index contributed by atoms with van der Waals surface area (Å²) in [6.45, 7) is 0. The zero-order valence-electron chi connectivity index (χ0n) is 15.3. The maximum Gasteiger partial charge on any atom is 0.339 e. The van der Waals surface area contributed by atoms with Crippen LogP contribution >= 0.6 is 11.6 Å². The SMILES string of the molecule is COc1cc([C@H]2CC(=O)Nc3c(C(=O)O)cn(-c4ccc(Cl)cc4)c32)ccc1O. The number of carboxylic acids is 1. The molecule has 1 atom stereocenters. The van der Waals surface area contributed by atoms with E-state index in [2.05, 4.69) is 5.32 Å². The third-order valence-corrected chi connectivity index (χ3v) is 5.22. The summed E-state index contributed by atoms with van der Waals surface area (Å²) in [7, 11) is 1.44. The largest absolute Gasteiger partial charge is 0.504 e. The Morgan fingerprint density at radius 2 is 1.97 bits per heavy atom. The summed E-state index contributed by atoms with van der Waals surface area (Å²) in [4.78, 5) is 24.2. The summed E-state index contributed by atoms with van der Waals surface area (Å²) in [5.74, 6) is -1.60. The Hall–Kier alpha value is -3.45. The normalized spacial score (nSPS) is 15.5. The van der Waals surface area contributed by atoms with Gasteiger partial charge in [-0.3, -0.25) is 4.79 Å². The fourth-order valence-electron chi connectivity index (χ4n) is 3.63. The van der Waals surface area contributed by atoms with Crippen LogP contribution in [-0.2, 0) is 4.79 Å². The molecule has 0 saturated carbocycles. The van der Waals surface area contributed by atoms with Crippen LogP contribution in [0.2, 0.25) is 5.02 Å². The van der Waals surface area contributed by atoms with Crippen molar-refractivity contribution in [2.24, 2.45) is 0 Å². The molecule has 0 bridgehead atoms. The molecule has 2 heterocycles. The van der Waals surface area contributed by atoms with E-state index in [0.29, 0.717) is 16.4 Å². The van der Waals surface area contributed by atoms with Crippen LogP contribution in [0.25, 0.3) is 5.69 Å². The highest BCUT2D eigenvalue weighted by Gasteiger charge is 2.34. The molecule has 8 heteroatoms. The summed E-state index contributed by atoms with van der Waals surface area (Å²) < 4.78 is 6.95. The van der Waals surface area contributed by atoms with Gasteiger partial charge in [0.15, 0.2) is 11.5 Å². The lowest BCUT2D eigenvalue weighted by atomic mass is 9.88. The number of hydrogen-bond donors (Lipinski definition) is 3. The van der Waals surface area contributed by atoms with Crippen molar-refractivity contribution >= 4 is 29.2 Å². The molecule has 2 aromatic carbocycles. The Kier molecular flexibility index (Phi) is 4.68. The third kappa shape index (κ3) is 3.30. The minimum Gasteiger partial charge on any atom is -0.504 e. The van der Waals surface area contributed by atoms with E-state index >= 15 is 0 Å². The summed E-state index contributed by atoms with van der Waals surface area (Å²) in [6.07, 6.45) is 1.62. The highest BCUT2D eigenvalue weighted by molar-refractivity contribution is 6.30. The number of phenolic OH excluding ortho intramolecular Hbond substituents is 1.